The smallest absolute Gasteiger partial charge is 0.181 e. The van der Waals surface area contributed by atoms with Crippen LogP contribution in [0.1, 0.15) is 22.5 Å². The molecule has 0 radical (unpaired) electrons. The molecule has 1 aromatic carbocycles. The number of aryl methyl sites for hydroxylation is 3. The second kappa shape index (κ2) is 4.67. The van der Waals surface area contributed by atoms with Crippen molar-refractivity contribution in [3.8, 4) is 11.4 Å². The van der Waals surface area contributed by atoms with E-state index in [1.54, 1.807) is 0 Å². The summed E-state index contributed by atoms with van der Waals surface area (Å²) < 4.78 is 0. The van der Waals surface area contributed by atoms with Crippen LogP contribution in [-0.2, 0) is 6.42 Å². The van der Waals surface area contributed by atoms with Gasteiger partial charge in [0.2, 0.25) is 0 Å². The summed E-state index contributed by atoms with van der Waals surface area (Å²) in [5, 5.41) is 7.17. The van der Waals surface area contributed by atoms with Crippen molar-refractivity contribution in [1.29, 1.82) is 0 Å². The number of nitrogens with one attached hydrogen (secondary N) is 1. The molecule has 0 aliphatic heterocycles. The average Bonchev–Trinajstić information content (AvgIpc) is 2.72. The number of benzene rings is 1. The van der Waals surface area contributed by atoms with Gasteiger partial charge in [0.1, 0.15) is 5.82 Å². The molecule has 0 fully saturated rings. The molecule has 0 saturated carbocycles. The number of nitrogens with two attached hydrogens (primary N) is 1. The van der Waals surface area contributed by atoms with Crippen molar-refractivity contribution < 1.29 is 0 Å². The van der Waals surface area contributed by atoms with E-state index in [0.29, 0.717) is 6.54 Å². The van der Waals surface area contributed by atoms with E-state index in [0.717, 1.165) is 23.6 Å². The molecule has 2 aromatic rings. The van der Waals surface area contributed by atoms with E-state index < -0.39 is 0 Å². The number of hydrogen-bond acceptors (Lipinski definition) is 3. The van der Waals surface area contributed by atoms with E-state index in [-0.39, 0.29) is 0 Å². The van der Waals surface area contributed by atoms with Crippen LogP contribution >= 0.6 is 0 Å². The Hall–Kier alpha value is -1.68. The van der Waals surface area contributed by atoms with Gasteiger partial charge in [-0.3, -0.25) is 5.10 Å². The summed E-state index contributed by atoms with van der Waals surface area (Å²) in [7, 11) is 0. The van der Waals surface area contributed by atoms with E-state index in [4.69, 9.17) is 5.73 Å². The second-order valence-electron chi connectivity index (χ2n) is 4.40. The molecule has 0 unspecified atom stereocenters. The Morgan fingerprint density at radius 2 is 1.82 bits per heavy atom. The van der Waals surface area contributed by atoms with Gasteiger partial charge < -0.3 is 5.73 Å². The first-order valence-corrected chi connectivity index (χ1v) is 5.81. The molecule has 0 atom stereocenters. The summed E-state index contributed by atoms with van der Waals surface area (Å²) in [6, 6.07) is 4.31. The lowest BCUT2D eigenvalue weighted by Crippen LogP contribution is -2.03. The molecule has 0 aliphatic carbocycles. The van der Waals surface area contributed by atoms with Gasteiger partial charge in [-0.25, -0.2) is 4.98 Å². The van der Waals surface area contributed by atoms with Crippen LogP contribution in [-0.4, -0.2) is 21.7 Å². The first kappa shape index (κ1) is 11.8. The van der Waals surface area contributed by atoms with Crippen LogP contribution in [0.4, 0.5) is 0 Å². The van der Waals surface area contributed by atoms with Crippen LogP contribution in [0.5, 0.6) is 0 Å². The molecule has 2 rings (SSSR count). The molecule has 3 N–H and O–H groups in total. The molecular formula is C13H18N4. The summed E-state index contributed by atoms with van der Waals surface area (Å²) in [5.74, 6) is 1.61. The average molecular weight is 230 g/mol. The highest BCUT2D eigenvalue weighted by Crippen LogP contribution is 2.23. The zero-order valence-electron chi connectivity index (χ0n) is 10.5. The molecule has 0 saturated heterocycles. The fourth-order valence-corrected chi connectivity index (χ4v) is 1.87. The first-order valence-electron chi connectivity index (χ1n) is 5.81. The van der Waals surface area contributed by atoms with Gasteiger partial charge in [-0.2, -0.15) is 5.10 Å². The van der Waals surface area contributed by atoms with Crippen molar-refractivity contribution in [2.45, 2.75) is 27.2 Å². The Morgan fingerprint density at radius 3 is 2.53 bits per heavy atom. The topological polar surface area (TPSA) is 67.6 Å². The number of nitrogens with zero attached hydrogens (tertiary/aromatic N) is 2. The Balaban J connectivity index is 2.41. The molecule has 4 heteroatoms. The zero-order valence-corrected chi connectivity index (χ0v) is 10.5. The maximum absolute atomic E-state index is 5.49. The lowest BCUT2D eigenvalue weighted by Gasteiger charge is -2.06. The molecule has 1 heterocycles. The van der Waals surface area contributed by atoms with Crippen molar-refractivity contribution in [3.05, 3.63) is 34.6 Å². The van der Waals surface area contributed by atoms with Gasteiger partial charge in [0, 0.05) is 12.0 Å². The highest BCUT2D eigenvalue weighted by Gasteiger charge is 2.09. The van der Waals surface area contributed by atoms with Gasteiger partial charge in [0.05, 0.1) is 0 Å². The lowest BCUT2D eigenvalue weighted by molar-refractivity contribution is 0.874. The number of rotatable bonds is 3. The summed E-state index contributed by atoms with van der Waals surface area (Å²) in [4.78, 5) is 4.46. The third-order valence-electron chi connectivity index (χ3n) is 2.99. The van der Waals surface area contributed by atoms with Gasteiger partial charge in [0.15, 0.2) is 5.82 Å². The molecule has 90 valence electrons. The Bertz CT molecular complexity index is 528. The van der Waals surface area contributed by atoms with Crippen molar-refractivity contribution in [1.82, 2.24) is 15.2 Å². The summed E-state index contributed by atoms with van der Waals surface area (Å²) in [6.07, 6.45) is 0.733. The van der Waals surface area contributed by atoms with Crippen LogP contribution in [0.2, 0.25) is 0 Å². The molecular weight excluding hydrogens is 212 g/mol. The van der Waals surface area contributed by atoms with E-state index in [9.17, 15) is 0 Å². The first-order chi connectivity index (χ1) is 8.11. The normalized spacial score (nSPS) is 10.8. The fourth-order valence-electron chi connectivity index (χ4n) is 1.87. The molecule has 0 aliphatic rings. The van der Waals surface area contributed by atoms with Gasteiger partial charge in [-0.05, 0) is 50.1 Å². The third-order valence-corrected chi connectivity index (χ3v) is 2.99. The zero-order chi connectivity index (χ0) is 12.4. The molecule has 0 amide bonds. The van der Waals surface area contributed by atoms with Crippen LogP contribution in [0.3, 0.4) is 0 Å². The predicted molar refractivity (Wildman–Crippen MR) is 68.8 cm³/mol. The molecule has 0 bridgehead atoms. The molecule has 0 spiro atoms. The highest BCUT2D eigenvalue weighted by atomic mass is 15.2. The van der Waals surface area contributed by atoms with Crippen molar-refractivity contribution in [2.75, 3.05) is 6.54 Å². The largest absolute Gasteiger partial charge is 0.330 e. The molecule has 17 heavy (non-hydrogen) atoms. The number of hydrogen-bond donors (Lipinski definition) is 2. The quantitative estimate of drug-likeness (QED) is 0.846. The number of aromatic amines is 1. The van der Waals surface area contributed by atoms with E-state index in [2.05, 4.69) is 48.1 Å². The minimum absolute atomic E-state index is 0.584. The van der Waals surface area contributed by atoms with Gasteiger partial charge in [-0.15, -0.1) is 0 Å². The van der Waals surface area contributed by atoms with Crippen LogP contribution < -0.4 is 5.73 Å². The van der Waals surface area contributed by atoms with Crippen LogP contribution in [0, 0.1) is 20.8 Å². The van der Waals surface area contributed by atoms with Crippen molar-refractivity contribution >= 4 is 0 Å². The summed E-state index contributed by atoms with van der Waals surface area (Å²) in [6.45, 7) is 6.89. The van der Waals surface area contributed by atoms with Crippen LogP contribution in [0.25, 0.3) is 11.4 Å². The standard InChI is InChI=1S/C13H18N4/c1-8-6-10(3)11(7-9(8)2)13-15-12(4-5-14)16-17-13/h6-7H,4-5,14H2,1-3H3,(H,15,16,17). The van der Waals surface area contributed by atoms with Crippen LogP contribution in [0.15, 0.2) is 12.1 Å². The fraction of sp³-hybridized carbons (Fsp3) is 0.385. The van der Waals surface area contributed by atoms with Gasteiger partial charge >= 0.3 is 0 Å². The Labute approximate surface area is 101 Å². The lowest BCUT2D eigenvalue weighted by atomic mass is 10.0. The van der Waals surface area contributed by atoms with E-state index in [1.807, 2.05) is 0 Å². The summed E-state index contributed by atoms with van der Waals surface area (Å²) in [5.41, 5.74) is 10.3. The SMILES string of the molecule is Cc1cc(C)c(-c2n[nH]c(CCN)n2)cc1C. The van der Waals surface area contributed by atoms with E-state index >= 15 is 0 Å². The second-order valence-corrected chi connectivity index (χ2v) is 4.40. The highest BCUT2D eigenvalue weighted by molar-refractivity contribution is 5.62. The van der Waals surface area contributed by atoms with Crippen molar-refractivity contribution in [2.24, 2.45) is 5.73 Å². The van der Waals surface area contributed by atoms with Gasteiger partial charge in [0.25, 0.3) is 0 Å². The minimum atomic E-state index is 0.584. The summed E-state index contributed by atoms with van der Waals surface area (Å²) >= 11 is 0. The predicted octanol–water partition coefficient (Wildman–Crippen LogP) is 1.90. The molecule has 4 nitrogen and oxygen atoms in total. The molecule has 1 aromatic heterocycles. The minimum Gasteiger partial charge on any atom is -0.330 e. The van der Waals surface area contributed by atoms with Crippen molar-refractivity contribution in [3.63, 3.8) is 0 Å². The third kappa shape index (κ3) is 2.36. The Kier molecular flexibility index (Phi) is 3.24. The number of aromatic nitrogens is 3. The monoisotopic (exact) mass is 230 g/mol. The van der Waals surface area contributed by atoms with E-state index in [1.165, 1.54) is 16.7 Å². The van der Waals surface area contributed by atoms with Gasteiger partial charge in [-0.1, -0.05) is 6.07 Å². The maximum Gasteiger partial charge on any atom is 0.181 e. The maximum atomic E-state index is 5.49. The Morgan fingerprint density at radius 1 is 1.12 bits per heavy atom. The number of H-pyrrole nitrogens is 1.